The number of ether oxygens (including phenoxy) is 1. The lowest BCUT2D eigenvalue weighted by Crippen LogP contribution is -2.51. The number of carbonyl (C=O) groups excluding carboxylic acids is 2. The van der Waals surface area contributed by atoms with Crippen LogP contribution >= 0.6 is 0 Å². The molecule has 2 rings (SSSR count). The lowest BCUT2D eigenvalue weighted by atomic mass is 9.93. The molecule has 5 nitrogen and oxygen atoms in total. The lowest BCUT2D eigenvalue weighted by Gasteiger charge is -2.37. The van der Waals surface area contributed by atoms with E-state index in [1.807, 2.05) is 55.1 Å². The van der Waals surface area contributed by atoms with Gasteiger partial charge in [-0.15, -0.1) is 0 Å². The molecule has 0 heterocycles. The molecule has 2 aromatic rings. The Morgan fingerprint density at radius 2 is 1.57 bits per heavy atom. The summed E-state index contributed by atoms with van der Waals surface area (Å²) < 4.78 is 5.88. The van der Waals surface area contributed by atoms with Crippen molar-refractivity contribution in [3.8, 4) is 0 Å². The molecule has 5 unspecified atom stereocenters. The Morgan fingerprint density at radius 3 is 2.14 bits per heavy atom. The van der Waals surface area contributed by atoms with E-state index in [1.54, 1.807) is 7.11 Å². The standard InChI is InChI=1S/C32H48N2O3/c1-7-22-34(30(35)21-15-16-24(3)8-2)26(5)31(37-6)25(4)32(36)33-29(28-19-13-10-14-20-28)23-27-17-11-9-12-18-27/h9-14,17-20,24-26,29,31H,7-8,15-16,21-23H2,1-6H3,(H,33,36). The Labute approximate surface area is 225 Å². The van der Waals surface area contributed by atoms with Gasteiger partial charge < -0.3 is 15.0 Å². The fourth-order valence-electron chi connectivity index (χ4n) is 4.98. The number of rotatable bonds is 16. The van der Waals surface area contributed by atoms with Crippen molar-refractivity contribution in [2.45, 2.75) is 91.3 Å². The number of amides is 2. The molecule has 5 heteroatoms. The van der Waals surface area contributed by atoms with Gasteiger partial charge in [-0.3, -0.25) is 9.59 Å². The van der Waals surface area contributed by atoms with E-state index in [-0.39, 0.29) is 23.9 Å². The summed E-state index contributed by atoms with van der Waals surface area (Å²) in [5.74, 6) is 0.297. The number of methoxy groups -OCH3 is 1. The van der Waals surface area contributed by atoms with Gasteiger partial charge in [0.1, 0.15) is 0 Å². The first kappa shape index (κ1) is 30.6. The monoisotopic (exact) mass is 508 g/mol. The zero-order valence-electron chi connectivity index (χ0n) is 23.8. The number of benzene rings is 2. The van der Waals surface area contributed by atoms with Crippen LogP contribution in [-0.2, 0) is 20.7 Å². The van der Waals surface area contributed by atoms with E-state index < -0.39 is 12.0 Å². The van der Waals surface area contributed by atoms with Crippen molar-refractivity contribution < 1.29 is 14.3 Å². The highest BCUT2D eigenvalue weighted by molar-refractivity contribution is 5.80. The highest BCUT2D eigenvalue weighted by Crippen LogP contribution is 2.23. The van der Waals surface area contributed by atoms with Crippen LogP contribution < -0.4 is 5.32 Å². The largest absolute Gasteiger partial charge is 0.379 e. The molecular formula is C32H48N2O3. The number of nitrogens with zero attached hydrogens (tertiary/aromatic N) is 1. The predicted molar refractivity (Wildman–Crippen MR) is 152 cm³/mol. The number of hydrogen-bond acceptors (Lipinski definition) is 3. The van der Waals surface area contributed by atoms with Crippen LogP contribution in [0.25, 0.3) is 0 Å². The average Bonchev–Trinajstić information content (AvgIpc) is 2.92. The molecule has 0 aliphatic carbocycles. The van der Waals surface area contributed by atoms with Gasteiger partial charge in [0.25, 0.3) is 0 Å². The van der Waals surface area contributed by atoms with Gasteiger partial charge in [0.2, 0.25) is 11.8 Å². The van der Waals surface area contributed by atoms with Crippen LogP contribution in [0.2, 0.25) is 0 Å². The van der Waals surface area contributed by atoms with Crippen LogP contribution in [0.15, 0.2) is 60.7 Å². The molecule has 0 bridgehead atoms. The van der Waals surface area contributed by atoms with Crippen molar-refractivity contribution >= 4 is 11.8 Å². The summed E-state index contributed by atoms with van der Waals surface area (Å²) in [5, 5.41) is 3.28. The number of carbonyl (C=O) groups is 2. The molecule has 0 fully saturated rings. The van der Waals surface area contributed by atoms with Crippen LogP contribution in [0.1, 0.15) is 83.9 Å². The van der Waals surface area contributed by atoms with E-state index in [1.165, 1.54) is 0 Å². The highest BCUT2D eigenvalue weighted by atomic mass is 16.5. The smallest absolute Gasteiger partial charge is 0.226 e. The van der Waals surface area contributed by atoms with Crippen molar-refractivity contribution in [2.24, 2.45) is 11.8 Å². The molecule has 5 atom stereocenters. The summed E-state index contributed by atoms with van der Waals surface area (Å²) in [6.45, 7) is 11.1. The molecule has 2 amide bonds. The number of nitrogens with one attached hydrogen (secondary N) is 1. The van der Waals surface area contributed by atoms with Crippen LogP contribution in [0.3, 0.4) is 0 Å². The zero-order valence-corrected chi connectivity index (χ0v) is 23.8. The molecule has 0 aromatic heterocycles. The first-order valence-corrected chi connectivity index (χ1v) is 14.0. The topological polar surface area (TPSA) is 58.6 Å². The molecule has 0 saturated heterocycles. The minimum atomic E-state index is -0.422. The maximum absolute atomic E-state index is 13.6. The minimum absolute atomic E-state index is 0.0656. The molecule has 204 valence electrons. The molecule has 0 aliphatic heterocycles. The van der Waals surface area contributed by atoms with Gasteiger partial charge in [0.15, 0.2) is 0 Å². The molecule has 37 heavy (non-hydrogen) atoms. The van der Waals surface area contributed by atoms with Gasteiger partial charge in [-0.2, -0.15) is 0 Å². The van der Waals surface area contributed by atoms with Crippen LogP contribution in [0.4, 0.5) is 0 Å². The predicted octanol–water partition coefficient (Wildman–Crippen LogP) is 6.58. The van der Waals surface area contributed by atoms with Gasteiger partial charge in [0, 0.05) is 20.1 Å². The van der Waals surface area contributed by atoms with Crippen LogP contribution in [0, 0.1) is 11.8 Å². The molecule has 0 aliphatic rings. The fourth-order valence-corrected chi connectivity index (χ4v) is 4.98. The van der Waals surface area contributed by atoms with Crippen LogP contribution in [0.5, 0.6) is 0 Å². The van der Waals surface area contributed by atoms with Crippen molar-refractivity contribution in [1.82, 2.24) is 10.2 Å². The summed E-state index contributed by atoms with van der Waals surface area (Å²) in [7, 11) is 1.64. The van der Waals surface area contributed by atoms with Crippen molar-refractivity contribution in [3.63, 3.8) is 0 Å². The maximum atomic E-state index is 13.6. The Hall–Kier alpha value is -2.66. The van der Waals surface area contributed by atoms with E-state index in [2.05, 4.69) is 50.4 Å². The average molecular weight is 509 g/mol. The molecule has 0 spiro atoms. The Morgan fingerprint density at radius 1 is 0.946 bits per heavy atom. The van der Waals surface area contributed by atoms with E-state index in [9.17, 15) is 9.59 Å². The van der Waals surface area contributed by atoms with Gasteiger partial charge in [-0.25, -0.2) is 0 Å². The molecule has 1 N–H and O–H groups in total. The lowest BCUT2D eigenvalue weighted by molar-refractivity contribution is -0.141. The van der Waals surface area contributed by atoms with Gasteiger partial charge >= 0.3 is 0 Å². The summed E-state index contributed by atoms with van der Waals surface area (Å²) >= 11 is 0. The first-order valence-electron chi connectivity index (χ1n) is 14.0. The molecular weight excluding hydrogens is 460 g/mol. The SMILES string of the molecule is CCCN(C(=O)CCCC(C)CC)C(C)C(OC)C(C)C(=O)NC(Cc1ccccc1)c1ccccc1. The Bertz CT molecular complexity index is 918. The van der Waals surface area contributed by atoms with Gasteiger partial charge in [-0.1, -0.05) is 101 Å². The first-order chi connectivity index (χ1) is 17.8. The van der Waals surface area contributed by atoms with E-state index in [4.69, 9.17) is 4.74 Å². The summed E-state index contributed by atoms with van der Waals surface area (Å²) in [6, 6.07) is 19.9. The maximum Gasteiger partial charge on any atom is 0.226 e. The van der Waals surface area contributed by atoms with E-state index >= 15 is 0 Å². The van der Waals surface area contributed by atoms with Crippen LogP contribution in [-0.4, -0.2) is 42.5 Å². The minimum Gasteiger partial charge on any atom is -0.379 e. The Balaban J connectivity index is 2.13. The van der Waals surface area contributed by atoms with Crippen molar-refractivity contribution in [3.05, 3.63) is 71.8 Å². The normalized spacial score (nSPS) is 15.3. The van der Waals surface area contributed by atoms with Crippen molar-refractivity contribution in [1.29, 1.82) is 0 Å². The Kier molecular flexibility index (Phi) is 13.4. The third-order valence-electron chi connectivity index (χ3n) is 7.52. The fraction of sp³-hybridized carbons (Fsp3) is 0.562. The quantitative estimate of drug-likeness (QED) is 0.279. The van der Waals surface area contributed by atoms with Gasteiger partial charge in [-0.05, 0) is 43.2 Å². The van der Waals surface area contributed by atoms with E-state index in [0.29, 0.717) is 25.3 Å². The highest BCUT2D eigenvalue weighted by Gasteiger charge is 2.34. The number of hydrogen-bond donors (Lipinski definition) is 1. The molecule has 0 saturated carbocycles. The molecule has 0 radical (unpaired) electrons. The second-order valence-electron chi connectivity index (χ2n) is 10.4. The van der Waals surface area contributed by atoms with Gasteiger partial charge in [0.05, 0.1) is 24.1 Å². The summed E-state index contributed by atoms with van der Waals surface area (Å²) in [5.41, 5.74) is 2.23. The van der Waals surface area contributed by atoms with E-state index in [0.717, 1.165) is 36.8 Å². The molecule has 2 aromatic carbocycles. The second-order valence-corrected chi connectivity index (χ2v) is 10.4. The summed E-state index contributed by atoms with van der Waals surface area (Å²) in [4.78, 5) is 28.7. The summed E-state index contributed by atoms with van der Waals surface area (Å²) in [6.07, 6.45) is 4.80. The third-order valence-corrected chi connectivity index (χ3v) is 7.52. The second kappa shape index (κ2) is 16.2. The van der Waals surface area contributed by atoms with Crippen molar-refractivity contribution in [2.75, 3.05) is 13.7 Å². The zero-order chi connectivity index (χ0) is 27.2. The third kappa shape index (κ3) is 9.62.